The van der Waals surface area contributed by atoms with Gasteiger partial charge in [-0.2, -0.15) is 0 Å². The molecule has 316 valence electrons. The van der Waals surface area contributed by atoms with Crippen LogP contribution in [0.15, 0.2) is 77.1 Å². The van der Waals surface area contributed by atoms with E-state index in [1.807, 2.05) is 48.5 Å². The maximum Gasteiger partial charge on any atom is 0.317 e. The molecule has 9 N–H and O–H groups in total. The van der Waals surface area contributed by atoms with E-state index in [0.29, 0.717) is 53.8 Å². The number of carbonyl (C=O) groups excluding carboxylic acids is 1. The van der Waals surface area contributed by atoms with Crippen molar-refractivity contribution < 1.29 is 68.1 Å². The number of quaternary nitrogens is 1. The van der Waals surface area contributed by atoms with Crippen molar-refractivity contribution in [1.29, 1.82) is 0 Å². The van der Waals surface area contributed by atoms with Crippen molar-refractivity contribution in [3.8, 4) is 28.7 Å². The van der Waals surface area contributed by atoms with E-state index < -0.39 is 73.0 Å². The van der Waals surface area contributed by atoms with Crippen LogP contribution in [0.25, 0.3) is 0 Å². The first kappa shape index (κ1) is 39.9. The van der Waals surface area contributed by atoms with E-state index in [1.165, 1.54) is 0 Å². The lowest BCUT2D eigenvalue weighted by Crippen LogP contribution is -3.05. The van der Waals surface area contributed by atoms with Crippen LogP contribution in [0.3, 0.4) is 0 Å². The van der Waals surface area contributed by atoms with Gasteiger partial charge in [0.2, 0.25) is 12.0 Å². The monoisotopic (exact) mass is 827 g/mol. The van der Waals surface area contributed by atoms with Gasteiger partial charge >= 0.3 is 11.9 Å². The molecule has 17 nitrogen and oxygen atoms in total. The molecular weight excluding hydrogens is 780 g/mol. The van der Waals surface area contributed by atoms with E-state index in [0.717, 1.165) is 38.4 Å². The number of aliphatic hydroxyl groups is 3. The number of aliphatic imine (C=N–C) groups is 1. The van der Waals surface area contributed by atoms with E-state index >= 15 is 0 Å². The van der Waals surface area contributed by atoms with E-state index in [9.17, 15) is 24.9 Å². The Bertz CT molecular complexity index is 2300. The van der Waals surface area contributed by atoms with Gasteiger partial charge in [0, 0.05) is 46.5 Å². The maximum atomic E-state index is 12.5. The van der Waals surface area contributed by atoms with Gasteiger partial charge in [0.25, 0.3) is 0 Å². The van der Waals surface area contributed by atoms with E-state index in [4.69, 9.17) is 49.7 Å². The number of hydrogen-bond acceptors (Lipinski definition) is 15. The zero-order valence-electron chi connectivity index (χ0n) is 32.9. The van der Waals surface area contributed by atoms with Gasteiger partial charge in [-0.15, -0.1) is 0 Å². The largest absolute Gasteiger partial charge is 0.493 e. The minimum absolute atomic E-state index is 0.136. The van der Waals surface area contributed by atoms with E-state index in [1.54, 1.807) is 26.5 Å². The number of fused-ring (bicyclic) bond motifs is 8. The number of nitrogens with zero attached hydrogens (tertiary/aromatic N) is 1. The number of benzene rings is 3. The second-order valence-corrected chi connectivity index (χ2v) is 16.0. The molecule has 6 aliphatic rings. The van der Waals surface area contributed by atoms with Crippen molar-refractivity contribution in [1.82, 2.24) is 0 Å². The first-order valence-electron chi connectivity index (χ1n) is 19.8. The van der Waals surface area contributed by atoms with Crippen molar-refractivity contribution >= 4 is 18.2 Å². The Hall–Kier alpha value is -5.53. The highest BCUT2D eigenvalue weighted by Gasteiger charge is 2.60. The molecule has 0 spiro atoms. The highest BCUT2D eigenvalue weighted by Crippen LogP contribution is 2.60. The van der Waals surface area contributed by atoms with Crippen molar-refractivity contribution in [2.75, 3.05) is 20.8 Å². The van der Waals surface area contributed by atoms with Crippen molar-refractivity contribution in [2.24, 2.45) is 16.5 Å². The molecule has 60 heavy (non-hydrogen) atoms. The summed E-state index contributed by atoms with van der Waals surface area (Å²) in [6.07, 6.45) is -5.77. The number of aliphatic hydroxyl groups excluding tert-OH is 2. The number of ether oxygens (including phenoxy) is 7. The number of carboxylic acids is 1. The Morgan fingerprint density at radius 1 is 1.05 bits per heavy atom. The SMILES string of the molecule is COc1ccc2c(c1OC)O[C@H]1c3c(cc4c(c3C[NH+]3C=C5N=CC=C5C3)CC[C@]3(O)[C@H](O4)O[C@H]([C@H](OC(=O)CC(=O)O)C(N)N)[C@@H](O)[C@@H]3O)O[C@@H](Cc3ccccc3)[C@@H]21. The molecule has 9 rings (SSSR count). The Balaban J connectivity index is 1.16. The fourth-order valence-electron chi connectivity index (χ4n) is 9.51. The molecule has 0 amide bonds. The summed E-state index contributed by atoms with van der Waals surface area (Å²) < 4.78 is 43.6. The van der Waals surface area contributed by atoms with Gasteiger partial charge in [-0.05, 0) is 30.5 Å². The zero-order valence-corrected chi connectivity index (χ0v) is 32.9. The molecule has 0 aromatic heterocycles. The number of carboxylic acid groups (broad SMARTS) is 1. The molecule has 0 aliphatic carbocycles. The smallest absolute Gasteiger partial charge is 0.317 e. The first-order valence-corrected chi connectivity index (χ1v) is 19.8. The lowest BCUT2D eigenvalue weighted by Gasteiger charge is -2.48. The van der Waals surface area contributed by atoms with Gasteiger partial charge in [-0.1, -0.05) is 36.4 Å². The van der Waals surface area contributed by atoms with E-state index in [2.05, 4.69) is 11.2 Å². The minimum atomic E-state index is -2.19. The minimum Gasteiger partial charge on any atom is -0.493 e. The van der Waals surface area contributed by atoms with Crippen LogP contribution in [0.4, 0.5) is 0 Å². The van der Waals surface area contributed by atoms with Gasteiger partial charge in [0.05, 0.1) is 26.3 Å². The molecule has 0 bridgehead atoms. The first-order chi connectivity index (χ1) is 28.9. The Kier molecular flexibility index (Phi) is 10.3. The fourth-order valence-corrected chi connectivity index (χ4v) is 9.51. The summed E-state index contributed by atoms with van der Waals surface area (Å²) in [5, 5.41) is 44.4. The summed E-state index contributed by atoms with van der Waals surface area (Å²) >= 11 is 0. The van der Waals surface area contributed by atoms with Crippen LogP contribution in [-0.4, -0.2) is 108 Å². The van der Waals surface area contributed by atoms with Crippen molar-refractivity contribution in [3.63, 3.8) is 0 Å². The summed E-state index contributed by atoms with van der Waals surface area (Å²) in [4.78, 5) is 29.3. The third-order valence-electron chi connectivity index (χ3n) is 12.3. The second kappa shape index (κ2) is 15.5. The number of nitrogens with two attached hydrogens (primary N) is 2. The fraction of sp³-hybridized carbons (Fsp3) is 0.419. The third kappa shape index (κ3) is 6.75. The van der Waals surface area contributed by atoms with Crippen molar-refractivity contribution in [3.05, 3.63) is 99.9 Å². The van der Waals surface area contributed by atoms with Crippen LogP contribution < -0.4 is 40.1 Å². The molecule has 10 atom stereocenters. The molecule has 3 aromatic carbocycles. The van der Waals surface area contributed by atoms with Crippen LogP contribution in [0.5, 0.6) is 28.7 Å². The lowest BCUT2D eigenvalue weighted by atomic mass is 9.78. The molecule has 6 heterocycles. The molecule has 6 aliphatic heterocycles. The molecule has 1 fully saturated rings. The van der Waals surface area contributed by atoms with Crippen LogP contribution in [0.2, 0.25) is 0 Å². The second-order valence-electron chi connectivity index (χ2n) is 16.0. The van der Waals surface area contributed by atoms with Crippen LogP contribution in [-0.2, 0) is 38.4 Å². The topological polar surface area (TPSA) is 249 Å². The average Bonchev–Trinajstić information content (AvgIpc) is 3.91. The molecule has 1 saturated heterocycles. The highest BCUT2D eigenvalue weighted by molar-refractivity contribution is 5.90. The predicted octanol–water partition coefficient (Wildman–Crippen LogP) is 0.308. The zero-order chi connectivity index (χ0) is 42.0. The number of carbonyl (C=O) groups is 2. The lowest BCUT2D eigenvalue weighted by molar-refractivity contribution is -0.851. The number of esters is 1. The number of rotatable bonds is 11. The molecule has 1 unspecified atom stereocenters. The number of aliphatic carboxylic acids is 1. The van der Waals surface area contributed by atoms with Gasteiger partial charge < -0.3 is 65.1 Å². The number of nitrogens with one attached hydrogen (secondary N) is 1. The Morgan fingerprint density at radius 3 is 2.57 bits per heavy atom. The molecule has 17 heteroatoms. The van der Waals surface area contributed by atoms with Crippen LogP contribution >= 0.6 is 0 Å². The van der Waals surface area contributed by atoms with Crippen LogP contribution in [0, 0.1) is 0 Å². The Morgan fingerprint density at radius 2 is 1.85 bits per heavy atom. The summed E-state index contributed by atoms with van der Waals surface area (Å²) in [6, 6.07) is 15.6. The quantitative estimate of drug-likeness (QED) is 0.0781. The average molecular weight is 828 g/mol. The molecule has 0 saturated carbocycles. The predicted molar refractivity (Wildman–Crippen MR) is 210 cm³/mol. The highest BCUT2D eigenvalue weighted by atomic mass is 16.7. The van der Waals surface area contributed by atoms with Gasteiger partial charge in [-0.3, -0.25) is 19.5 Å². The van der Waals surface area contributed by atoms with Crippen molar-refractivity contribution in [2.45, 2.75) is 92.8 Å². The normalized spacial score (nSPS) is 29.7. The summed E-state index contributed by atoms with van der Waals surface area (Å²) in [6.45, 7) is 1.10. The number of allylic oxidation sites excluding steroid dienone is 1. The molecule has 0 radical (unpaired) electrons. The molecule has 3 aromatic rings. The Labute approximate surface area is 344 Å². The number of methoxy groups -OCH3 is 2. The van der Waals surface area contributed by atoms with Gasteiger partial charge in [0.1, 0.15) is 73.4 Å². The van der Waals surface area contributed by atoms with E-state index in [-0.39, 0.29) is 18.8 Å². The van der Waals surface area contributed by atoms with Gasteiger partial charge in [-0.25, -0.2) is 0 Å². The number of hydrogen-bond donors (Lipinski definition) is 7. The standard InChI is InChI=1S/C43H46N4O13/c1-54-26-9-8-23-32-28(14-20-6-4-3-5-7-20)56-29-15-27-22(24(18-47-17-21-11-13-46-25(21)19-47)33(29)37(32)59-35(23)36(26)55-2)10-12-43(53)40(52)34(51)38(60-42(43)57-27)39(41(44)45)58-31(50)16-30(48)49/h3-9,11,13,15,19,28,32,34,37-42,51-53H,10,12,14,16-18,44-45H2,1-2H3,(H,48,49)/p+1/t28-,32+,34+,37+,38-,39-,40-,42+,43+/m0/s1. The molecular formula is C43H47N4O13+. The summed E-state index contributed by atoms with van der Waals surface area (Å²) in [7, 11) is 3.14. The summed E-state index contributed by atoms with van der Waals surface area (Å²) in [5.74, 6) is -0.636. The summed E-state index contributed by atoms with van der Waals surface area (Å²) in [5.41, 5.74) is 16.0. The van der Waals surface area contributed by atoms with Crippen LogP contribution in [0.1, 0.15) is 52.7 Å². The maximum absolute atomic E-state index is 12.5. The van der Waals surface area contributed by atoms with Gasteiger partial charge in [0.15, 0.2) is 23.2 Å². The third-order valence-corrected chi connectivity index (χ3v) is 12.3.